The Morgan fingerprint density at radius 3 is 2.65 bits per heavy atom. The number of para-hydroxylation sites is 1. The number of hydrogen-bond acceptors (Lipinski definition) is 6. The van der Waals surface area contributed by atoms with Gasteiger partial charge in [0.1, 0.15) is 4.88 Å². The summed E-state index contributed by atoms with van der Waals surface area (Å²) in [6.45, 7) is 9.53. The summed E-state index contributed by atoms with van der Waals surface area (Å²) in [7, 11) is 2.07. The van der Waals surface area contributed by atoms with Crippen LogP contribution >= 0.6 is 11.5 Å². The summed E-state index contributed by atoms with van der Waals surface area (Å²) in [6.07, 6.45) is 2.08. The van der Waals surface area contributed by atoms with E-state index < -0.39 is 0 Å². The number of amides is 2. The van der Waals surface area contributed by atoms with Gasteiger partial charge in [-0.25, -0.2) is 0 Å². The van der Waals surface area contributed by atoms with Crippen LogP contribution in [0, 0.1) is 5.92 Å². The van der Waals surface area contributed by atoms with Crippen LogP contribution in [0.4, 0.5) is 5.69 Å². The van der Waals surface area contributed by atoms with E-state index in [-0.39, 0.29) is 11.8 Å². The zero-order valence-electron chi connectivity index (χ0n) is 19.0. The Labute approximate surface area is 189 Å². The smallest absolute Gasteiger partial charge is 0.267 e. The summed E-state index contributed by atoms with van der Waals surface area (Å²) >= 11 is 1.17. The topological polar surface area (TPSA) is 69.6 Å². The van der Waals surface area contributed by atoms with E-state index in [1.165, 1.54) is 11.5 Å². The van der Waals surface area contributed by atoms with E-state index in [9.17, 15) is 9.59 Å². The largest absolute Gasteiger partial charge is 0.332 e. The van der Waals surface area contributed by atoms with E-state index in [1.807, 2.05) is 41.0 Å². The molecule has 1 aromatic heterocycles. The molecule has 0 saturated carbocycles. The minimum atomic E-state index is -0.0330. The molecule has 0 bridgehead atoms. The van der Waals surface area contributed by atoms with E-state index >= 15 is 0 Å². The standard InChI is InChI=1S/C23H33N5O2S/c1-5-19-22(31-25-24-19)23(30)27-14-13-26(4)11-8-12-28(21(29)15-17(2)3)20-10-7-6-9-18(20)16-27/h6-7,9-10,17H,5,8,11-16H2,1-4H3. The van der Waals surface area contributed by atoms with Crippen LogP contribution < -0.4 is 4.90 Å². The molecule has 0 radical (unpaired) electrons. The molecular formula is C23H33N5O2S. The summed E-state index contributed by atoms with van der Waals surface area (Å²) in [5.41, 5.74) is 2.65. The highest BCUT2D eigenvalue weighted by atomic mass is 32.1. The fourth-order valence-electron chi connectivity index (χ4n) is 3.85. The molecule has 31 heavy (non-hydrogen) atoms. The van der Waals surface area contributed by atoms with Gasteiger partial charge in [-0.1, -0.05) is 43.5 Å². The Bertz CT molecular complexity index is 898. The van der Waals surface area contributed by atoms with Crippen molar-refractivity contribution in [1.82, 2.24) is 19.4 Å². The molecule has 2 amide bonds. The first-order valence-electron chi connectivity index (χ1n) is 11.1. The van der Waals surface area contributed by atoms with Gasteiger partial charge in [0, 0.05) is 38.3 Å². The summed E-state index contributed by atoms with van der Waals surface area (Å²) in [4.78, 5) is 33.2. The predicted molar refractivity (Wildman–Crippen MR) is 124 cm³/mol. The molecule has 0 N–H and O–H groups in total. The van der Waals surface area contributed by atoms with Crippen molar-refractivity contribution < 1.29 is 9.59 Å². The van der Waals surface area contributed by atoms with Crippen molar-refractivity contribution in [3.8, 4) is 0 Å². The molecular weight excluding hydrogens is 410 g/mol. The van der Waals surface area contributed by atoms with Crippen LogP contribution in [-0.2, 0) is 17.8 Å². The number of fused-ring (bicyclic) bond motifs is 1. The molecule has 0 unspecified atom stereocenters. The summed E-state index contributed by atoms with van der Waals surface area (Å²) < 4.78 is 4.00. The molecule has 2 heterocycles. The lowest BCUT2D eigenvalue weighted by Gasteiger charge is -2.28. The van der Waals surface area contributed by atoms with Gasteiger partial charge < -0.3 is 14.7 Å². The van der Waals surface area contributed by atoms with Crippen molar-refractivity contribution >= 4 is 29.0 Å². The van der Waals surface area contributed by atoms with E-state index in [1.54, 1.807) is 0 Å². The van der Waals surface area contributed by atoms with Crippen LogP contribution in [0.2, 0.25) is 0 Å². The molecule has 0 spiro atoms. The van der Waals surface area contributed by atoms with Gasteiger partial charge in [0.15, 0.2) is 0 Å². The van der Waals surface area contributed by atoms with E-state index in [0.717, 1.165) is 36.5 Å². The molecule has 0 atom stereocenters. The molecule has 3 rings (SSSR count). The predicted octanol–water partition coefficient (Wildman–Crippen LogP) is 3.46. The van der Waals surface area contributed by atoms with Crippen molar-refractivity contribution in [3.05, 3.63) is 40.4 Å². The Kier molecular flexibility index (Phi) is 8.15. The molecule has 7 nitrogen and oxygen atoms in total. The average molecular weight is 444 g/mol. The number of benzene rings is 1. The van der Waals surface area contributed by atoms with Crippen LogP contribution in [0.3, 0.4) is 0 Å². The van der Waals surface area contributed by atoms with Crippen LogP contribution in [0.25, 0.3) is 0 Å². The lowest BCUT2D eigenvalue weighted by atomic mass is 10.1. The number of carbonyl (C=O) groups excluding carboxylic acids is 2. The first-order valence-corrected chi connectivity index (χ1v) is 11.8. The zero-order chi connectivity index (χ0) is 22.4. The molecule has 2 aromatic rings. The number of carbonyl (C=O) groups is 2. The number of aromatic nitrogens is 2. The fourth-order valence-corrected chi connectivity index (χ4v) is 4.57. The number of anilines is 1. The van der Waals surface area contributed by atoms with Crippen LogP contribution in [0.15, 0.2) is 24.3 Å². The SMILES string of the molecule is CCc1nnsc1C(=O)N1CCN(C)CCCN(C(=O)CC(C)C)c2ccccc2C1. The number of aryl methyl sites for hydroxylation is 1. The van der Waals surface area contributed by atoms with Crippen molar-refractivity contribution in [3.63, 3.8) is 0 Å². The molecule has 168 valence electrons. The van der Waals surface area contributed by atoms with Gasteiger partial charge >= 0.3 is 0 Å². The summed E-state index contributed by atoms with van der Waals surface area (Å²) in [5, 5.41) is 4.12. The lowest BCUT2D eigenvalue weighted by Crippen LogP contribution is -2.37. The molecule has 1 aliphatic rings. The van der Waals surface area contributed by atoms with Crippen molar-refractivity contribution in [2.75, 3.05) is 38.1 Å². The maximum atomic E-state index is 13.4. The Morgan fingerprint density at radius 2 is 1.90 bits per heavy atom. The Hall–Kier alpha value is -2.32. The van der Waals surface area contributed by atoms with Gasteiger partial charge in [-0.15, -0.1) is 5.10 Å². The third-order valence-electron chi connectivity index (χ3n) is 5.57. The van der Waals surface area contributed by atoms with Gasteiger partial charge in [-0.3, -0.25) is 9.59 Å². The zero-order valence-corrected chi connectivity index (χ0v) is 19.8. The Morgan fingerprint density at radius 1 is 1.13 bits per heavy atom. The highest BCUT2D eigenvalue weighted by Crippen LogP contribution is 2.26. The highest BCUT2D eigenvalue weighted by Gasteiger charge is 2.26. The van der Waals surface area contributed by atoms with Crippen molar-refractivity contribution in [1.29, 1.82) is 0 Å². The quantitative estimate of drug-likeness (QED) is 0.724. The maximum absolute atomic E-state index is 13.4. The average Bonchev–Trinajstić information content (AvgIpc) is 3.21. The molecule has 0 fully saturated rings. The number of nitrogens with zero attached hydrogens (tertiary/aromatic N) is 5. The third kappa shape index (κ3) is 5.89. The van der Waals surface area contributed by atoms with Crippen molar-refractivity contribution in [2.24, 2.45) is 5.92 Å². The van der Waals surface area contributed by atoms with Gasteiger partial charge in [0.25, 0.3) is 5.91 Å². The first kappa shape index (κ1) is 23.3. The lowest BCUT2D eigenvalue weighted by molar-refractivity contribution is -0.119. The number of rotatable bonds is 4. The molecule has 8 heteroatoms. The fraction of sp³-hybridized carbons (Fsp3) is 0.565. The molecule has 1 aromatic carbocycles. The van der Waals surface area contributed by atoms with Crippen LogP contribution in [0.1, 0.15) is 54.5 Å². The van der Waals surface area contributed by atoms with Crippen LogP contribution in [-0.4, -0.2) is 64.4 Å². The first-order chi connectivity index (χ1) is 14.9. The normalized spacial score (nSPS) is 16.2. The summed E-state index contributed by atoms with van der Waals surface area (Å²) in [5.74, 6) is 0.404. The van der Waals surface area contributed by atoms with E-state index in [2.05, 4.69) is 35.4 Å². The second-order valence-corrected chi connectivity index (χ2v) is 9.31. The van der Waals surface area contributed by atoms with Gasteiger partial charge in [-0.05, 0) is 55.5 Å². The number of hydrogen-bond donors (Lipinski definition) is 0. The van der Waals surface area contributed by atoms with Gasteiger partial charge in [-0.2, -0.15) is 0 Å². The van der Waals surface area contributed by atoms with Crippen molar-refractivity contribution in [2.45, 2.75) is 46.6 Å². The van der Waals surface area contributed by atoms with E-state index in [0.29, 0.717) is 43.3 Å². The van der Waals surface area contributed by atoms with E-state index in [4.69, 9.17) is 0 Å². The second-order valence-electron chi connectivity index (χ2n) is 8.56. The minimum absolute atomic E-state index is 0.0330. The monoisotopic (exact) mass is 443 g/mol. The van der Waals surface area contributed by atoms with Gasteiger partial charge in [0.05, 0.1) is 5.69 Å². The number of likely N-dealkylation sites (N-methyl/N-ethyl adjacent to an activating group) is 1. The molecule has 1 aliphatic heterocycles. The second kappa shape index (κ2) is 10.8. The van der Waals surface area contributed by atoms with Crippen LogP contribution in [0.5, 0.6) is 0 Å². The third-order valence-corrected chi connectivity index (χ3v) is 6.33. The maximum Gasteiger partial charge on any atom is 0.267 e. The Balaban J connectivity index is 1.97. The molecule has 0 saturated heterocycles. The highest BCUT2D eigenvalue weighted by molar-refractivity contribution is 7.08. The minimum Gasteiger partial charge on any atom is -0.332 e. The van der Waals surface area contributed by atoms with Gasteiger partial charge in [0.2, 0.25) is 5.91 Å². The molecule has 0 aliphatic carbocycles. The summed E-state index contributed by atoms with van der Waals surface area (Å²) in [6, 6.07) is 7.97.